The van der Waals surface area contributed by atoms with Crippen molar-refractivity contribution in [2.45, 2.75) is 6.92 Å². The predicted octanol–water partition coefficient (Wildman–Crippen LogP) is 1.70. The van der Waals surface area contributed by atoms with Gasteiger partial charge in [-0.15, -0.1) is 0 Å². The van der Waals surface area contributed by atoms with Gasteiger partial charge in [-0.1, -0.05) is 6.58 Å². The summed E-state index contributed by atoms with van der Waals surface area (Å²) in [7, 11) is 0. The van der Waals surface area contributed by atoms with E-state index >= 15 is 0 Å². The maximum Gasteiger partial charge on any atom is 0.340 e. The molecule has 0 bridgehead atoms. The molecule has 2 rings (SSSR count). The number of ether oxygens (including phenoxy) is 3. The molecule has 1 heterocycles. The first-order valence-corrected chi connectivity index (χ1v) is 8.31. The number of carbonyl (C=O) groups excluding carboxylic acids is 2. The van der Waals surface area contributed by atoms with E-state index < -0.39 is 11.9 Å². The van der Waals surface area contributed by atoms with Gasteiger partial charge in [0.1, 0.15) is 12.4 Å². The van der Waals surface area contributed by atoms with E-state index in [9.17, 15) is 9.59 Å². The van der Waals surface area contributed by atoms with Crippen molar-refractivity contribution in [1.82, 2.24) is 4.90 Å². The molecule has 1 aliphatic heterocycles. The third-order valence-corrected chi connectivity index (χ3v) is 3.71. The molecule has 0 aliphatic carbocycles. The Balaban J connectivity index is 2.02. The molecule has 1 N–H and O–H groups in total. The molecule has 7 nitrogen and oxygen atoms in total. The van der Waals surface area contributed by atoms with Crippen LogP contribution in [0.15, 0.2) is 30.9 Å². The van der Waals surface area contributed by atoms with Gasteiger partial charge in [0.25, 0.3) is 0 Å². The van der Waals surface area contributed by atoms with Crippen LogP contribution >= 0.6 is 0 Å². The zero-order valence-electron chi connectivity index (χ0n) is 14.5. The first-order chi connectivity index (χ1) is 12.1. The smallest absolute Gasteiger partial charge is 0.340 e. The van der Waals surface area contributed by atoms with Crippen LogP contribution in [0.4, 0.5) is 5.69 Å². The van der Waals surface area contributed by atoms with Gasteiger partial charge in [-0.25, -0.2) is 4.79 Å². The van der Waals surface area contributed by atoms with Crippen LogP contribution in [0.2, 0.25) is 0 Å². The molecule has 1 saturated heterocycles. The topological polar surface area (TPSA) is 77.1 Å². The fourth-order valence-electron chi connectivity index (χ4n) is 2.40. The summed E-state index contributed by atoms with van der Waals surface area (Å²) in [5.74, 6) is -0.335. The third kappa shape index (κ3) is 5.88. The van der Waals surface area contributed by atoms with Crippen molar-refractivity contribution in [2.75, 3.05) is 51.4 Å². The van der Waals surface area contributed by atoms with Crippen LogP contribution in [0.5, 0.6) is 5.75 Å². The Bertz CT molecular complexity index is 611. The van der Waals surface area contributed by atoms with Crippen molar-refractivity contribution < 1.29 is 23.8 Å². The highest BCUT2D eigenvalue weighted by Crippen LogP contribution is 2.24. The van der Waals surface area contributed by atoms with E-state index in [0.29, 0.717) is 18.0 Å². The van der Waals surface area contributed by atoms with Gasteiger partial charge in [0.05, 0.1) is 31.1 Å². The van der Waals surface area contributed by atoms with E-state index in [4.69, 9.17) is 14.2 Å². The van der Waals surface area contributed by atoms with Crippen LogP contribution in [-0.4, -0.2) is 62.8 Å². The average Bonchev–Trinajstić information content (AvgIpc) is 2.63. The molecule has 136 valence electrons. The van der Waals surface area contributed by atoms with Gasteiger partial charge in [0, 0.05) is 25.7 Å². The molecule has 1 amide bonds. The van der Waals surface area contributed by atoms with E-state index in [1.54, 1.807) is 25.1 Å². The van der Waals surface area contributed by atoms with Gasteiger partial charge in [0.15, 0.2) is 0 Å². The Hall–Kier alpha value is -2.38. The fraction of sp³-hybridized carbons (Fsp3) is 0.444. The van der Waals surface area contributed by atoms with Crippen LogP contribution in [0, 0.1) is 0 Å². The number of anilines is 1. The molecule has 1 fully saturated rings. The molecule has 1 aromatic carbocycles. The van der Waals surface area contributed by atoms with E-state index in [2.05, 4.69) is 16.8 Å². The molecule has 7 heteroatoms. The van der Waals surface area contributed by atoms with Gasteiger partial charge >= 0.3 is 5.97 Å². The Kier molecular flexibility index (Phi) is 7.43. The first-order valence-electron chi connectivity index (χ1n) is 8.31. The predicted molar refractivity (Wildman–Crippen MR) is 94.0 cm³/mol. The molecule has 0 aromatic heterocycles. The number of rotatable bonds is 8. The number of morpholine rings is 1. The van der Waals surface area contributed by atoms with E-state index in [0.717, 1.165) is 38.9 Å². The second-order valence-electron chi connectivity index (χ2n) is 5.42. The van der Waals surface area contributed by atoms with Crippen LogP contribution in [-0.2, 0) is 14.3 Å². The van der Waals surface area contributed by atoms with E-state index in [1.807, 2.05) is 0 Å². The lowest BCUT2D eigenvalue weighted by atomic mass is 10.1. The van der Waals surface area contributed by atoms with Crippen molar-refractivity contribution in [2.24, 2.45) is 0 Å². The van der Waals surface area contributed by atoms with Crippen LogP contribution in [0.1, 0.15) is 17.3 Å². The minimum absolute atomic E-state index is 0.255. The molecule has 0 atom stereocenters. The SMILES string of the molecule is C=CC(=O)Nc1cc(OCCN2CCOCC2)ccc1C(=O)OCC. The second kappa shape index (κ2) is 9.80. The fourth-order valence-corrected chi connectivity index (χ4v) is 2.40. The Labute approximate surface area is 147 Å². The third-order valence-electron chi connectivity index (χ3n) is 3.71. The van der Waals surface area contributed by atoms with Crippen molar-refractivity contribution in [3.05, 3.63) is 36.4 Å². The number of hydrogen-bond donors (Lipinski definition) is 1. The number of esters is 1. The monoisotopic (exact) mass is 348 g/mol. The molecule has 1 aromatic rings. The van der Waals surface area contributed by atoms with Gasteiger partial charge in [-0.2, -0.15) is 0 Å². The zero-order chi connectivity index (χ0) is 18.1. The summed E-state index contributed by atoms with van der Waals surface area (Å²) < 4.78 is 16.1. The van der Waals surface area contributed by atoms with Crippen molar-refractivity contribution in [3.8, 4) is 5.75 Å². The minimum atomic E-state index is -0.498. The Morgan fingerprint density at radius 2 is 2.12 bits per heavy atom. The molecule has 0 spiro atoms. The van der Waals surface area contributed by atoms with Gasteiger partial charge in [-0.3, -0.25) is 9.69 Å². The lowest BCUT2D eigenvalue weighted by Gasteiger charge is -2.26. The summed E-state index contributed by atoms with van der Waals surface area (Å²) in [6.45, 7) is 9.97. The average molecular weight is 348 g/mol. The summed E-state index contributed by atoms with van der Waals surface area (Å²) in [6.07, 6.45) is 1.14. The standard InChI is InChI=1S/C18H24N2O5/c1-3-17(21)19-16-13-14(5-6-15(16)18(22)24-4-2)25-12-9-20-7-10-23-11-8-20/h3,5-6,13H,1,4,7-12H2,2H3,(H,19,21). The number of nitrogens with zero attached hydrogens (tertiary/aromatic N) is 1. The normalized spacial score (nSPS) is 14.6. The van der Waals surface area contributed by atoms with Crippen LogP contribution in [0.25, 0.3) is 0 Å². The van der Waals surface area contributed by atoms with Crippen LogP contribution in [0.3, 0.4) is 0 Å². The molecular formula is C18H24N2O5. The lowest BCUT2D eigenvalue weighted by molar-refractivity contribution is -0.111. The molecule has 0 saturated carbocycles. The first kappa shape index (κ1) is 19.0. The number of hydrogen-bond acceptors (Lipinski definition) is 6. The van der Waals surface area contributed by atoms with Crippen molar-refractivity contribution >= 4 is 17.6 Å². The summed E-state index contributed by atoms with van der Waals surface area (Å²) in [6, 6.07) is 4.89. The maximum absolute atomic E-state index is 12.0. The van der Waals surface area contributed by atoms with Gasteiger partial charge in [-0.05, 0) is 25.1 Å². The summed E-state index contributed by atoms with van der Waals surface area (Å²) in [4.78, 5) is 25.9. The van der Waals surface area contributed by atoms with E-state index in [-0.39, 0.29) is 12.2 Å². The highest BCUT2D eigenvalue weighted by Gasteiger charge is 2.15. The Morgan fingerprint density at radius 3 is 2.80 bits per heavy atom. The summed E-state index contributed by atoms with van der Waals surface area (Å²) in [5, 5.41) is 2.61. The lowest BCUT2D eigenvalue weighted by Crippen LogP contribution is -2.38. The molecule has 0 radical (unpaired) electrons. The molecule has 25 heavy (non-hydrogen) atoms. The van der Waals surface area contributed by atoms with Crippen molar-refractivity contribution in [1.29, 1.82) is 0 Å². The summed E-state index contributed by atoms with van der Waals surface area (Å²) >= 11 is 0. The molecule has 1 aliphatic rings. The maximum atomic E-state index is 12.0. The number of carbonyl (C=O) groups is 2. The van der Waals surface area contributed by atoms with Gasteiger partial charge < -0.3 is 19.5 Å². The second-order valence-corrected chi connectivity index (χ2v) is 5.42. The number of benzene rings is 1. The summed E-state index contributed by atoms with van der Waals surface area (Å²) in [5.41, 5.74) is 0.616. The number of amides is 1. The van der Waals surface area contributed by atoms with Crippen molar-refractivity contribution in [3.63, 3.8) is 0 Å². The zero-order valence-corrected chi connectivity index (χ0v) is 14.5. The highest BCUT2D eigenvalue weighted by atomic mass is 16.5. The largest absolute Gasteiger partial charge is 0.492 e. The molecular weight excluding hydrogens is 324 g/mol. The minimum Gasteiger partial charge on any atom is -0.492 e. The van der Waals surface area contributed by atoms with E-state index in [1.165, 1.54) is 0 Å². The Morgan fingerprint density at radius 1 is 1.36 bits per heavy atom. The molecule has 0 unspecified atom stereocenters. The van der Waals surface area contributed by atoms with Gasteiger partial charge in [0.2, 0.25) is 5.91 Å². The van der Waals surface area contributed by atoms with Crippen LogP contribution < -0.4 is 10.1 Å². The quantitative estimate of drug-likeness (QED) is 0.569. The highest BCUT2D eigenvalue weighted by molar-refractivity contribution is 6.05. The number of nitrogens with one attached hydrogen (secondary N) is 1.